The summed E-state index contributed by atoms with van der Waals surface area (Å²) in [4.78, 5) is 26.1. The highest BCUT2D eigenvalue weighted by Crippen LogP contribution is 2.31. The lowest BCUT2D eigenvalue weighted by Gasteiger charge is -2.35. The van der Waals surface area contributed by atoms with Crippen molar-refractivity contribution in [2.75, 3.05) is 20.3 Å². The van der Waals surface area contributed by atoms with Gasteiger partial charge in [0.25, 0.3) is 0 Å². The van der Waals surface area contributed by atoms with E-state index < -0.39 is 35.2 Å². The summed E-state index contributed by atoms with van der Waals surface area (Å²) in [6.07, 6.45) is 0.823. The number of nitrogens with zero attached hydrogens (tertiary/aromatic N) is 1. The van der Waals surface area contributed by atoms with Gasteiger partial charge in [-0.2, -0.15) is 0 Å². The molecule has 1 aliphatic heterocycles. The van der Waals surface area contributed by atoms with Crippen LogP contribution in [0.3, 0.4) is 0 Å². The van der Waals surface area contributed by atoms with Crippen molar-refractivity contribution in [3.8, 4) is 5.75 Å². The molecule has 1 fully saturated rings. The fourth-order valence-corrected chi connectivity index (χ4v) is 3.35. The van der Waals surface area contributed by atoms with Crippen LogP contribution in [0.25, 0.3) is 0 Å². The average molecular weight is 456 g/mol. The maximum absolute atomic E-state index is 14.6. The third-order valence-corrected chi connectivity index (χ3v) is 4.68. The van der Waals surface area contributed by atoms with Gasteiger partial charge in [-0.3, -0.25) is 4.90 Å². The predicted molar refractivity (Wildman–Crippen MR) is 120 cm³/mol. The molecule has 0 saturated carbocycles. The molecule has 182 valence electrons. The quantitative estimate of drug-likeness (QED) is 0.539. The Kier molecular flexibility index (Phi) is 9.95. The maximum atomic E-state index is 14.6. The van der Waals surface area contributed by atoms with Crippen molar-refractivity contribution in [1.82, 2.24) is 4.90 Å². The second kappa shape index (κ2) is 11.5. The molecule has 0 aliphatic carbocycles. The Labute approximate surface area is 191 Å². The summed E-state index contributed by atoms with van der Waals surface area (Å²) in [6, 6.07) is 2.20. The van der Waals surface area contributed by atoms with Crippen LogP contribution in [-0.2, 0) is 20.6 Å². The lowest BCUT2D eigenvalue weighted by Crippen LogP contribution is -2.51. The van der Waals surface area contributed by atoms with Crippen LogP contribution < -0.4 is 4.74 Å². The molecular formula is C24H38FNO6. The monoisotopic (exact) mass is 455 g/mol. The molecule has 0 aromatic heterocycles. The van der Waals surface area contributed by atoms with Gasteiger partial charge in [0.05, 0.1) is 25.3 Å². The third-order valence-electron chi connectivity index (χ3n) is 4.68. The minimum absolute atomic E-state index is 0.0138. The molecule has 1 aromatic rings. The first-order valence-corrected chi connectivity index (χ1v) is 11.1. The van der Waals surface area contributed by atoms with Crippen molar-refractivity contribution in [3.05, 3.63) is 29.1 Å². The SMILES string of the molecule is CC.CCCc1cc(OCC2COC(C)(C)N2C(=O)OC(C)(C)C)c(F)cc1C(=O)OC. The zero-order chi connectivity index (χ0) is 24.7. The zero-order valence-electron chi connectivity index (χ0n) is 20.8. The van der Waals surface area contributed by atoms with Gasteiger partial charge >= 0.3 is 12.1 Å². The normalized spacial score (nSPS) is 17.3. The number of amides is 1. The van der Waals surface area contributed by atoms with Gasteiger partial charge in [-0.05, 0) is 58.7 Å². The highest BCUT2D eigenvalue weighted by molar-refractivity contribution is 5.91. The van der Waals surface area contributed by atoms with Gasteiger partial charge in [-0.1, -0.05) is 27.2 Å². The van der Waals surface area contributed by atoms with Crippen LogP contribution in [0, 0.1) is 5.82 Å². The van der Waals surface area contributed by atoms with Gasteiger partial charge in [0.1, 0.15) is 17.9 Å². The number of carbonyl (C=O) groups is 2. The fourth-order valence-electron chi connectivity index (χ4n) is 3.35. The zero-order valence-corrected chi connectivity index (χ0v) is 20.8. The highest BCUT2D eigenvalue weighted by atomic mass is 19.1. The fraction of sp³-hybridized carbons (Fsp3) is 0.667. The number of halogens is 1. The predicted octanol–water partition coefficient (Wildman–Crippen LogP) is 5.34. The van der Waals surface area contributed by atoms with Crippen molar-refractivity contribution in [3.63, 3.8) is 0 Å². The maximum Gasteiger partial charge on any atom is 0.413 e. The van der Waals surface area contributed by atoms with Crippen molar-refractivity contribution in [2.45, 2.75) is 85.6 Å². The summed E-state index contributed by atoms with van der Waals surface area (Å²) in [7, 11) is 1.26. The number of esters is 1. The molecule has 7 nitrogen and oxygen atoms in total. The van der Waals surface area contributed by atoms with E-state index in [4.69, 9.17) is 18.9 Å². The van der Waals surface area contributed by atoms with Crippen LogP contribution in [0.15, 0.2) is 12.1 Å². The molecule has 32 heavy (non-hydrogen) atoms. The van der Waals surface area contributed by atoms with Gasteiger partial charge in [-0.15, -0.1) is 0 Å². The van der Waals surface area contributed by atoms with Crippen LogP contribution in [0.5, 0.6) is 5.75 Å². The van der Waals surface area contributed by atoms with Crippen molar-refractivity contribution >= 4 is 12.1 Å². The molecule has 1 amide bonds. The van der Waals surface area contributed by atoms with Gasteiger partial charge in [0, 0.05) is 0 Å². The van der Waals surface area contributed by atoms with Crippen molar-refractivity contribution in [2.24, 2.45) is 0 Å². The number of hydrogen-bond acceptors (Lipinski definition) is 6. The highest BCUT2D eigenvalue weighted by Gasteiger charge is 2.46. The molecule has 0 bridgehead atoms. The number of benzene rings is 1. The van der Waals surface area contributed by atoms with Gasteiger partial charge in [0.2, 0.25) is 0 Å². The van der Waals surface area contributed by atoms with Crippen LogP contribution in [-0.4, -0.2) is 54.7 Å². The number of ether oxygens (including phenoxy) is 4. The summed E-state index contributed by atoms with van der Waals surface area (Å²) >= 11 is 0. The van der Waals surface area contributed by atoms with Crippen LogP contribution in [0.1, 0.15) is 77.7 Å². The summed E-state index contributed by atoms with van der Waals surface area (Å²) in [5, 5.41) is 0. The molecule has 0 N–H and O–H groups in total. The molecular weight excluding hydrogens is 417 g/mol. The number of methoxy groups -OCH3 is 1. The van der Waals surface area contributed by atoms with Gasteiger partial charge < -0.3 is 18.9 Å². The van der Waals surface area contributed by atoms with E-state index in [2.05, 4.69) is 0 Å². The molecule has 1 heterocycles. The first-order chi connectivity index (χ1) is 14.9. The molecule has 0 radical (unpaired) electrons. The van der Waals surface area contributed by atoms with E-state index in [-0.39, 0.29) is 24.5 Å². The first kappa shape index (κ1) is 27.7. The van der Waals surface area contributed by atoms with Crippen LogP contribution in [0.4, 0.5) is 9.18 Å². The lowest BCUT2D eigenvalue weighted by molar-refractivity contribution is -0.0637. The van der Waals surface area contributed by atoms with Gasteiger partial charge in [-0.25, -0.2) is 14.0 Å². The Morgan fingerprint density at radius 3 is 2.41 bits per heavy atom. The minimum atomic E-state index is -0.878. The molecule has 1 aliphatic rings. The second-order valence-electron chi connectivity index (χ2n) is 8.75. The van der Waals surface area contributed by atoms with Crippen LogP contribution in [0.2, 0.25) is 0 Å². The molecule has 2 rings (SSSR count). The van der Waals surface area contributed by atoms with Crippen molar-refractivity contribution < 1.29 is 32.9 Å². The van der Waals surface area contributed by atoms with E-state index in [0.29, 0.717) is 12.0 Å². The molecule has 0 spiro atoms. The van der Waals surface area contributed by atoms with E-state index in [1.54, 1.807) is 34.6 Å². The Balaban J connectivity index is 0.00000249. The molecule has 1 atom stereocenters. The number of carbonyl (C=O) groups excluding carboxylic acids is 2. The standard InChI is InChI=1S/C22H32FNO6.C2H6/c1-8-9-14-10-18(17(23)11-16(14)19(25)27-7)28-12-15-13-29-22(5,6)24(15)20(26)30-21(2,3)4;1-2/h10-11,15H,8-9,12-13H2,1-7H3;1-2H3. The van der Waals surface area contributed by atoms with Gasteiger partial charge in [0.15, 0.2) is 11.6 Å². The largest absolute Gasteiger partial charge is 0.488 e. The Morgan fingerprint density at radius 1 is 1.25 bits per heavy atom. The van der Waals surface area contributed by atoms with Crippen LogP contribution >= 0.6 is 0 Å². The number of aryl methyl sites for hydroxylation is 1. The molecule has 1 aromatic carbocycles. The average Bonchev–Trinajstić information content (AvgIpc) is 3.02. The Bertz CT molecular complexity index is 787. The van der Waals surface area contributed by atoms with E-state index in [9.17, 15) is 14.0 Å². The Morgan fingerprint density at radius 2 is 1.88 bits per heavy atom. The topological polar surface area (TPSA) is 74.3 Å². The summed E-state index contributed by atoms with van der Waals surface area (Å²) in [5.74, 6) is -1.25. The van der Waals surface area contributed by atoms with Crippen molar-refractivity contribution in [1.29, 1.82) is 0 Å². The third kappa shape index (κ3) is 7.08. The molecule has 1 unspecified atom stereocenters. The summed E-state index contributed by atoms with van der Waals surface area (Å²) < 4.78 is 36.3. The van der Waals surface area contributed by atoms with E-state index in [1.165, 1.54) is 18.1 Å². The van der Waals surface area contributed by atoms with E-state index >= 15 is 0 Å². The number of rotatable bonds is 6. The first-order valence-electron chi connectivity index (χ1n) is 11.1. The van der Waals surface area contributed by atoms with E-state index in [1.807, 2.05) is 20.8 Å². The summed E-state index contributed by atoms with van der Waals surface area (Å²) in [6.45, 7) is 15.1. The lowest BCUT2D eigenvalue weighted by atomic mass is 10.0. The molecule has 8 heteroatoms. The number of hydrogen-bond donors (Lipinski definition) is 0. The smallest absolute Gasteiger partial charge is 0.413 e. The second-order valence-corrected chi connectivity index (χ2v) is 8.75. The minimum Gasteiger partial charge on any atom is -0.488 e. The van der Waals surface area contributed by atoms with E-state index in [0.717, 1.165) is 12.5 Å². The molecule has 1 saturated heterocycles. The summed E-state index contributed by atoms with van der Waals surface area (Å²) in [5.41, 5.74) is -0.707. The Hall–Kier alpha value is -2.35.